The van der Waals surface area contributed by atoms with E-state index in [2.05, 4.69) is 16.0 Å². The summed E-state index contributed by atoms with van der Waals surface area (Å²) in [6.07, 6.45) is 0.334. The summed E-state index contributed by atoms with van der Waals surface area (Å²) in [6.45, 7) is 1.75. The zero-order valence-corrected chi connectivity index (χ0v) is 18.6. The minimum absolute atomic E-state index is 0.146. The first-order valence-electron chi connectivity index (χ1n) is 10.3. The van der Waals surface area contributed by atoms with Crippen molar-refractivity contribution in [3.63, 3.8) is 0 Å². The Kier molecular flexibility index (Phi) is 7.64. The zero-order chi connectivity index (χ0) is 23.8. The molecule has 0 radical (unpaired) electrons. The van der Waals surface area contributed by atoms with Crippen molar-refractivity contribution in [1.29, 1.82) is 0 Å². The third-order valence-electron chi connectivity index (χ3n) is 4.78. The number of rotatable bonds is 8. The van der Waals surface area contributed by atoms with Gasteiger partial charge in [-0.3, -0.25) is 14.4 Å². The van der Waals surface area contributed by atoms with E-state index in [9.17, 15) is 14.4 Å². The number of nitrogens with one attached hydrogen (secondary N) is 3. The molecule has 3 aromatic carbocycles. The van der Waals surface area contributed by atoms with Gasteiger partial charge in [0.05, 0.1) is 25.6 Å². The first kappa shape index (κ1) is 23.3. The number of methoxy groups -OCH3 is 2. The van der Waals surface area contributed by atoms with Gasteiger partial charge in [-0.2, -0.15) is 0 Å². The van der Waals surface area contributed by atoms with Gasteiger partial charge in [0.25, 0.3) is 11.8 Å². The lowest BCUT2D eigenvalue weighted by atomic mass is 10.1. The van der Waals surface area contributed by atoms with Gasteiger partial charge in [0.15, 0.2) is 0 Å². The van der Waals surface area contributed by atoms with Gasteiger partial charge in [0.2, 0.25) is 5.91 Å². The average Bonchev–Trinajstić information content (AvgIpc) is 2.85. The highest BCUT2D eigenvalue weighted by atomic mass is 16.5. The predicted octanol–water partition coefficient (Wildman–Crippen LogP) is 4.56. The van der Waals surface area contributed by atoms with Crippen molar-refractivity contribution in [2.75, 3.05) is 30.2 Å². The molecule has 0 atom stereocenters. The number of benzene rings is 3. The molecule has 170 valence electrons. The second-order valence-corrected chi connectivity index (χ2v) is 7.01. The van der Waals surface area contributed by atoms with Crippen molar-refractivity contribution < 1.29 is 23.9 Å². The van der Waals surface area contributed by atoms with Crippen LogP contribution in [-0.2, 0) is 4.79 Å². The molecule has 3 N–H and O–H groups in total. The largest absolute Gasteiger partial charge is 0.494 e. The Hall–Kier alpha value is -4.33. The summed E-state index contributed by atoms with van der Waals surface area (Å²) in [5.41, 5.74) is 2.13. The topological polar surface area (TPSA) is 106 Å². The molecule has 0 fully saturated rings. The smallest absolute Gasteiger partial charge is 0.255 e. The second-order valence-electron chi connectivity index (χ2n) is 7.01. The summed E-state index contributed by atoms with van der Waals surface area (Å²) in [5.74, 6) is -0.169. The van der Waals surface area contributed by atoms with Gasteiger partial charge in [-0.15, -0.1) is 0 Å². The van der Waals surface area contributed by atoms with Gasteiger partial charge in [-0.05, 0) is 30.3 Å². The molecule has 0 saturated heterocycles. The number of amides is 3. The van der Waals surface area contributed by atoms with Crippen molar-refractivity contribution in [2.45, 2.75) is 13.3 Å². The first-order valence-corrected chi connectivity index (χ1v) is 10.3. The molecule has 0 saturated carbocycles. The normalized spacial score (nSPS) is 10.2. The quantitative estimate of drug-likeness (QED) is 0.470. The van der Waals surface area contributed by atoms with Gasteiger partial charge in [0, 0.05) is 35.4 Å². The van der Waals surface area contributed by atoms with Crippen LogP contribution in [0.5, 0.6) is 11.5 Å². The number of carbonyl (C=O) groups is 3. The molecule has 8 heteroatoms. The van der Waals surface area contributed by atoms with Crippen molar-refractivity contribution >= 4 is 34.8 Å². The fraction of sp³-hybridized carbons (Fsp3) is 0.160. The van der Waals surface area contributed by atoms with Gasteiger partial charge < -0.3 is 25.4 Å². The molecule has 0 aliphatic heterocycles. The summed E-state index contributed by atoms with van der Waals surface area (Å²) in [6, 6.07) is 18.5. The van der Waals surface area contributed by atoms with Gasteiger partial charge >= 0.3 is 0 Å². The maximum Gasteiger partial charge on any atom is 0.255 e. The van der Waals surface area contributed by atoms with Crippen LogP contribution in [0.2, 0.25) is 0 Å². The van der Waals surface area contributed by atoms with E-state index < -0.39 is 5.91 Å². The Morgan fingerprint density at radius 2 is 1.24 bits per heavy atom. The van der Waals surface area contributed by atoms with Crippen LogP contribution in [0, 0.1) is 0 Å². The molecule has 3 amide bonds. The molecule has 0 aliphatic carbocycles. The Labute approximate surface area is 191 Å². The zero-order valence-electron chi connectivity index (χ0n) is 18.6. The number of hydrogen-bond acceptors (Lipinski definition) is 5. The summed E-state index contributed by atoms with van der Waals surface area (Å²) in [7, 11) is 2.92. The summed E-state index contributed by atoms with van der Waals surface area (Å²) >= 11 is 0. The van der Waals surface area contributed by atoms with Crippen LogP contribution in [0.15, 0.2) is 66.7 Å². The standard InChI is InChI=1S/C25H25N3O5/c1-4-23(29)26-18-12-8-11-17(13-18)25(31)28-20-15-21(32-2)19(14-22(20)33-3)27-24(30)16-9-6-5-7-10-16/h5-15H,4H2,1-3H3,(H,26,29)(H,27,30)(H,28,31). The van der Waals surface area contributed by atoms with Gasteiger partial charge in [-0.1, -0.05) is 31.2 Å². The summed E-state index contributed by atoms with van der Waals surface area (Å²) < 4.78 is 10.8. The van der Waals surface area contributed by atoms with E-state index >= 15 is 0 Å². The van der Waals surface area contributed by atoms with Crippen molar-refractivity contribution in [2.24, 2.45) is 0 Å². The molecule has 3 aromatic rings. The Morgan fingerprint density at radius 1 is 0.697 bits per heavy atom. The molecule has 8 nitrogen and oxygen atoms in total. The van der Waals surface area contributed by atoms with Crippen LogP contribution in [0.3, 0.4) is 0 Å². The van der Waals surface area contributed by atoms with E-state index in [0.717, 1.165) is 0 Å². The highest BCUT2D eigenvalue weighted by molar-refractivity contribution is 6.08. The molecule has 0 unspecified atom stereocenters. The van der Waals surface area contributed by atoms with E-state index in [1.165, 1.54) is 14.2 Å². The van der Waals surface area contributed by atoms with Crippen LogP contribution >= 0.6 is 0 Å². The lowest BCUT2D eigenvalue weighted by Crippen LogP contribution is -2.15. The molecular weight excluding hydrogens is 422 g/mol. The van der Waals surface area contributed by atoms with E-state index in [4.69, 9.17) is 9.47 Å². The minimum Gasteiger partial charge on any atom is -0.494 e. The lowest BCUT2D eigenvalue weighted by Gasteiger charge is -2.16. The maximum atomic E-state index is 12.8. The van der Waals surface area contributed by atoms with Crippen LogP contribution in [0.4, 0.5) is 17.1 Å². The van der Waals surface area contributed by atoms with E-state index in [1.807, 2.05) is 6.07 Å². The Balaban J connectivity index is 1.83. The number of hydrogen-bond donors (Lipinski definition) is 3. The van der Waals surface area contributed by atoms with Crippen LogP contribution in [-0.4, -0.2) is 31.9 Å². The average molecular weight is 447 g/mol. The minimum atomic E-state index is -0.399. The van der Waals surface area contributed by atoms with E-state index in [1.54, 1.807) is 67.6 Å². The molecule has 33 heavy (non-hydrogen) atoms. The number of ether oxygens (including phenoxy) is 2. The monoisotopic (exact) mass is 447 g/mol. The molecule has 0 spiro atoms. The highest BCUT2D eigenvalue weighted by Gasteiger charge is 2.17. The molecule has 0 heterocycles. The number of carbonyl (C=O) groups excluding carboxylic acids is 3. The fourth-order valence-corrected chi connectivity index (χ4v) is 3.06. The van der Waals surface area contributed by atoms with Crippen molar-refractivity contribution in [3.8, 4) is 11.5 Å². The third kappa shape index (κ3) is 5.88. The third-order valence-corrected chi connectivity index (χ3v) is 4.78. The molecule has 3 rings (SSSR count). The SMILES string of the molecule is CCC(=O)Nc1cccc(C(=O)Nc2cc(OC)c(NC(=O)c3ccccc3)cc2OC)c1. The molecule has 0 aliphatic rings. The molecule has 0 aromatic heterocycles. The first-order chi connectivity index (χ1) is 15.9. The maximum absolute atomic E-state index is 12.8. The van der Waals surface area contributed by atoms with Gasteiger partial charge in [0.1, 0.15) is 11.5 Å². The fourth-order valence-electron chi connectivity index (χ4n) is 3.06. The van der Waals surface area contributed by atoms with E-state index in [-0.39, 0.29) is 11.8 Å². The summed E-state index contributed by atoms with van der Waals surface area (Å²) in [5, 5.41) is 8.32. The van der Waals surface area contributed by atoms with Gasteiger partial charge in [-0.25, -0.2) is 0 Å². The molecule has 0 bridgehead atoms. The van der Waals surface area contributed by atoms with E-state index in [0.29, 0.717) is 46.1 Å². The van der Waals surface area contributed by atoms with Crippen LogP contribution in [0.1, 0.15) is 34.1 Å². The molecular formula is C25H25N3O5. The number of anilines is 3. The van der Waals surface area contributed by atoms with Crippen molar-refractivity contribution in [1.82, 2.24) is 0 Å². The van der Waals surface area contributed by atoms with Crippen molar-refractivity contribution in [3.05, 3.63) is 77.9 Å². The second kappa shape index (κ2) is 10.8. The Bertz CT molecular complexity index is 1160. The predicted molar refractivity (Wildman–Crippen MR) is 127 cm³/mol. The summed E-state index contributed by atoms with van der Waals surface area (Å²) in [4.78, 5) is 37.0. The lowest BCUT2D eigenvalue weighted by molar-refractivity contribution is -0.115. The van der Waals surface area contributed by atoms with Crippen LogP contribution in [0.25, 0.3) is 0 Å². The van der Waals surface area contributed by atoms with Crippen LogP contribution < -0.4 is 25.4 Å². The Morgan fingerprint density at radius 3 is 1.79 bits per heavy atom. The highest BCUT2D eigenvalue weighted by Crippen LogP contribution is 2.37.